The summed E-state index contributed by atoms with van der Waals surface area (Å²) in [5.41, 5.74) is 1.34. The van der Waals surface area contributed by atoms with E-state index < -0.39 is 5.97 Å². The van der Waals surface area contributed by atoms with E-state index in [4.69, 9.17) is 4.74 Å². The number of benzene rings is 1. The van der Waals surface area contributed by atoms with E-state index in [1.807, 2.05) is 0 Å². The zero-order valence-corrected chi connectivity index (χ0v) is 17.5. The van der Waals surface area contributed by atoms with Gasteiger partial charge < -0.3 is 15.0 Å². The summed E-state index contributed by atoms with van der Waals surface area (Å²) < 4.78 is 4.95. The minimum absolute atomic E-state index is 0.0815. The fourth-order valence-electron chi connectivity index (χ4n) is 2.22. The fraction of sp³-hybridized carbons (Fsp3) is 0.368. The van der Waals surface area contributed by atoms with Gasteiger partial charge in [-0.3, -0.25) is 9.59 Å². The SMILES string of the molecule is CCCSCc1cc(=O)[nH]c(SCC(=O)Nc2cccc(C(=O)OCC)c2)n1. The van der Waals surface area contributed by atoms with E-state index >= 15 is 0 Å². The molecule has 1 aromatic heterocycles. The van der Waals surface area contributed by atoms with E-state index in [1.54, 1.807) is 43.0 Å². The molecule has 0 radical (unpaired) electrons. The minimum atomic E-state index is -0.437. The molecule has 2 N–H and O–H groups in total. The number of nitrogens with zero attached hydrogens (tertiary/aromatic N) is 1. The van der Waals surface area contributed by atoms with Gasteiger partial charge in [-0.15, -0.1) is 0 Å². The molecule has 2 aromatic rings. The van der Waals surface area contributed by atoms with Crippen molar-refractivity contribution in [2.45, 2.75) is 31.2 Å². The topological polar surface area (TPSA) is 101 Å². The normalized spacial score (nSPS) is 10.5. The second-order valence-corrected chi connectivity index (χ2v) is 7.80. The summed E-state index contributed by atoms with van der Waals surface area (Å²) in [5, 5.41) is 3.14. The Morgan fingerprint density at radius 2 is 2.07 bits per heavy atom. The number of rotatable bonds is 10. The molecule has 0 aliphatic carbocycles. The van der Waals surface area contributed by atoms with Crippen molar-refractivity contribution in [1.82, 2.24) is 9.97 Å². The van der Waals surface area contributed by atoms with Crippen LogP contribution in [0.15, 0.2) is 40.3 Å². The molecule has 1 aromatic carbocycles. The average molecular weight is 422 g/mol. The van der Waals surface area contributed by atoms with E-state index in [0.717, 1.165) is 23.9 Å². The third-order valence-electron chi connectivity index (χ3n) is 3.37. The Morgan fingerprint density at radius 3 is 2.82 bits per heavy atom. The molecule has 0 aliphatic heterocycles. The molecule has 0 saturated carbocycles. The highest BCUT2D eigenvalue weighted by molar-refractivity contribution is 7.99. The monoisotopic (exact) mass is 421 g/mol. The number of hydrogen-bond acceptors (Lipinski definition) is 7. The van der Waals surface area contributed by atoms with Gasteiger partial charge in [0, 0.05) is 17.5 Å². The average Bonchev–Trinajstić information content (AvgIpc) is 2.67. The van der Waals surface area contributed by atoms with Gasteiger partial charge in [0.2, 0.25) is 5.91 Å². The molecule has 9 heteroatoms. The molecule has 7 nitrogen and oxygen atoms in total. The number of hydrogen-bond donors (Lipinski definition) is 2. The molecular formula is C19H23N3O4S2. The zero-order valence-electron chi connectivity index (χ0n) is 15.8. The van der Waals surface area contributed by atoms with Crippen molar-refractivity contribution < 1.29 is 14.3 Å². The number of ether oxygens (including phenoxy) is 1. The summed E-state index contributed by atoms with van der Waals surface area (Å²) in [6.07, 6.45) is 1.06. The number of nitrogens with one attached hydrogen (secondary N) is 2. The van der Waals surface area contributed by atoms with Gasteiger partial charge in [0.05, 0.1) is 23.6 Å². The number of aromatic nitrogens is 2. The Balaban J connectivity index is 1.93. The first-order valence-corrected chi connectivity index (χ1v) is 11.0. The van der Waals surface area contributed by atoms with Gasteiger partial charge in [0.15, 0.2) is 5.16 Å². The Labute approximate surface area is 172 Å². The number of aromatic amines is 1. The van der Waals surface area contributed by atoms with Crippen LogP contribution in [-0.2, 0) is 15.3 Å². The Morgan fingerprint density at radius 1 is 1.25 bits per heavy atom. The van der Waals surface area contributed by atoms with Crippen molar-refractivity contribution >= 4 is 41.1 Å². The van der Waals surface area contributed by atoms with Gasteiger partial charge in [-0.05, 0) is 37.3 Å². The smallest absolute Gasteiger partial charge is 0.338 e. The lowest BCUT2D eigenvalue weighted by Gasteiger charge is -2.07. The van der Waals surface area contributed by atoms with Crippen LogP contribution < -0.4 is 10.9 Å². The lowest BCUT2D eigenvalue weighted by molar-refractivity contribution is -0.113. The predicted molar refractivity (Wildman–Crippen MR) is 113 cm³/mol. The number of carbonyl (C=O) groups excluding carboxylic acids is 2. The van der Waals surface area contributed by atoms with Gasteiger partial charge in [0.1, 0.15) is 0 Å². The van der Waals surface area contributed by atoms with Crippen molar-refractivity contribution in [2.75, 3.05) is 23.4 Å². The quantitative estimate of drug-likeness (QED) is 0.263. The second-order valence-electron chi connectivity index (χ2n) is 5.73. The van der Waals surface area contributed by atoms with E-state index in [1.165, 1.54) is 6.07 Å². The summed E-state index contributed by atoms with van der Waals surface area (Å²) in [5.74, 6) is 1.05. The van der Waals surface area contributed by atoms with Crippen molar-refractivity contribution in [2.24, 2.45) is 0 Å². The largest absolute Gasteiger partial charge is 0.462 e. The lowest BCUT2D eigenvalue weighted by atomic mass is 10.2. The van der Waals surface area contributed by atoms with E-state index in [9.17, 15) is 14.4 Å². The number of anilines is 1. The van der Waals surface area contributed by atoms with Crippen molar-refractivity contribution in [3.05, 3.63) is 51.9 Å². The summed E-state index contributed by atoms with van der Waals surface area (Å²) in [6.45, 7) is 4.12. The first-order chi connectivity index (χ1) is 13.5. The number of carbonyl (C=O) groups is 2. The molecule has 0 spiro atoms. The van der Waals surface area contributed by atoms with Crippen LogP contribution in [0.4, 0.5) is 5.69 Å². The van der Waals surface area contributed by atoms with Gasteiger partial charge in [-0.1, -0.05) is 24.8 Å². The van der Waals surface area contributed by atoms with E-state index in [-0.39, 0.29) is 23.8 Å². The Hall–Kier alpha value is -2.26. The molecule has 150 valence electrons. The highest BCUT2D eigenvalue weighted by atomic mass is 32.2. The van der Waals surface area contributed by atoms with E-state index in [2.05, 4.69) is 22.2 Å². The fourth-order valence-corrected chi connectivity index (χ4v) is 3.70. The maximum absolute atomic E-state index is 12.2. The summed E-state index contributed by atoms with van der Waals surface area (Å²) in [7, 11) is 0. The Bertz CT molecular complexity index is 870. The van der Waals surface area contributed by atoms with Crippen LogP contribution in [0.3, 0.4) is 0 Å². The van der Waals surface area contributed by atoms with Crippen LogP contribution in [0.2, 0.25) is 0 Å². The van der Waals surface area contributed by atoms with Crippen LogP contribution in [-0.4, -0.2) is 40.0 Å². The molecule has 0 atom stereocenters. The summed E-state index contributed by atoms with van der Waals surface area (Å²) >= 11 is 2.87. The highest BCUT2D eigenvalue weighted by Crippen LogP contribution is 2.16. The molecule has 0 aliphatic rings. The zero-order chi connectivity index (χ0) is 20.4. The van der Waals surface area contributed by atoms with Crippen molar-refractivity contribution in [3.63, 3.8) is 0 Å². The van der Waals surface area contributed by atoms with Gasteiger partial charge in [-0.25, -0.2) is 9.78 Å². The van der Waals surface area contributed by atoms with Gasteiger partial charge in [0.25, 0.3) is 5.56 Å². The van der Waals surface area contributed by atoms with Crippen LogP contribution in [0.5, 0.6) is 0 Å². The lowest BCUT2D eigenvalue weighted by Crippen LogP contribution is -2.16. The van der Waals surface area contributed by atoms with Gasteiger partial charge >= 0.3 is 5.97 Å². The summed E-state index contributed by atoms with van der Waals surface area (Å²) in [4.78, 5) is 42.8. The van der Waals surface area contributed by atoms with Crippen LogP contribution >= 0.6 is 23.5 Å². The molecule has 28 heavy (non-hydrogen) atoms. The third kappa shape index (κ3) is 7.40. The number of esters is 1. The second kappa shape index (κ2) is 11.6. The molecule has 0 fully saturated rings. The predicted octanol–water partition coefficient (Wildman–Crippen LogP) is 3.32. The number of H-pyrrole nitrogens is 1. The molecule has 0 saturated heterocycles. The van der Waals surface area contributed by atoms with Crippen molar-refractivity contribution in [3.8, 4) is 0 Å². The maximum atomic E-state index is 12.2. The molecular weight excluding hydrogens is 398 g/mol. The molecule has 1 amide bonds. The standard InChI is InChI=1S/C19H23N3O4S2/c1-3-8-27-11-15-10-16(23)22-19(21-15)28-12-17(24)20-14-7-5-6-13(9-14)18(25)26-4-2/h5-7,9-10H,3-4,8,11-12H2,1-2H3,(H,20,24)(H,21,22,23). The van der Waals surface area contributed by atoms with Crippen LogP contribution in [0, 0.1) is 0 Å². The summed E-state index contributed by atoms with van der Waals surface area (Å²) in [6, 6.07) is 8.03. The maximum Gasteiger partial charge on any atom is 0.338 e. The Kier molecular flexibility index (Phi) is 9.09. The molecule has 2 rings (SSSR count). The minimum Gasteiger partial charge on any atom is -0.462 e. The third-order valence-corrected chi connectivity index (χ3v) is 5.44. The van der Waals surface area contributed by atoms with E-state index in [0.29, 0.717) is 27.9 Å². The molecule has 0 unspecified atom stereocenters. The molecule has 1 heterocycles. The number of amides is 1. The molecule has 0 bridgehead atoms. The first-order valence-electron chi connectivity index (χ1n) is 8.89. The van der Waals surface area contributed by atoms with Gasteiger partial charge in [-0.2, -0.15) is 11.8 Å². The highest BCUT2D eigenvalue weighted by Gasteiger charge is 2.10. The number of thioether (sulfide) groups is 2. The van der Waals surface area contributed by atoms with Crippen LogP contribution in [0.1, 0.15) is 36.3 Å². The van der Waals surface area contributed by atoms with Crippen LogP contribution in [0.25, 0.3) is 0 Å². The van der Waals surface area contributed by atoms with Crippen molar-refractivity contribution in [1.29, 1.82) is 0 Å². The first kappa shape index (κ1) is 22.0.